The smallest absolute Gasteiger partial charge is 0.217 e. The molecule has 1 aromatic rings. The van der Waals surface area contributed by atoms with Crippen LogP contribution in [0.3, 0.4) is 0 Å². The quantitative estimate of drug-likeness (QED) is 0.898. The van der Waals surface area contributed by atoms with Crippen LogP contribution in [0.1, 0.15) is 45.3 Å². The SMILES string of the molecule is CC(=O)NC1CCN(Cc2cncn2C(C)C)CC1. The molecule has 19 heavy (non-hydrogen) atoms. The van der Waals surface area contributed by atoms with Gasteiger partial charge in [0.15, 0.2) is 0 Å². The Labute approximate surface area is 115 Å². The minimum atomic E-state index is 0.0799. The molecule has 2 heterocycles. The van der Waals surface area contributed by atoms with Crippen LogP contribution in [0.5, 0.6) is 0 Å². The number of imidazole rings is 1. The highest BCUT2D eigenvalue weighted by molar-refractivity contribution is 5.73. The van der Waals surface area contributed by atoms with Gasteiger partial charge in [-0.15, -0.1) is 0 Å². The first kappa shape index (κ1) is 14.1. The van der Waals surface area contributed by atoms with Crippen LogP contribution in [0, 0.1) is 0 Å². The van der Waals surface area contributed by atoms with Crippen molar-refractivity contribution in [2.75, 3.05) is 13.1 Å². The number of likely N-dealkylation sites (tertiary alicyclic amines) is 1. The zero-order valence-corrected chi connectivity index (χ0v) is 12.1. The molecule has 0 unspecified atom stereocenters. The predicted octanol–water partition coefficient (Wildman–Crippen LogP) is 1.56. The van der Waals surface area contributed by atoms with E-state index in [1.165, 1.54) is 5.69 Å². The third-order valence-electron chi connectivity index (χ3n) is 3.68. The van der Waals surface area contributed by atoms with Crippen LogP contribution < -0.4 is 5.32 Å². The Morgan fingerprint density at radius 3 is 2.74 bits per heavy atom. The molecular formula is C14H24N4O. The van der Waals surface area contributed by atoms with E-state index < -0.39 is 0 Å². The van der Waals surface area contributed by atoms with E-state index >= 15 is 0 Å². The third-order valence-corrected chi connectivity index (χ3v) is 3.68. The van der Waals surface area contributed by atoms with Crippen molar-refractivity contribution >= 4 is 5.91 Å². The fourth-order valence-corrected chi connectivity index (χ4v) is 2.67. The number of hydrogen-bond donors (Lipinski definition) is 1. The summed E-state index contributed by atoms with van der Waals surface area (Å²) >= 11 is 0. The van der Waals surface area contributed by atoms with Crippen LogP contribution >= 0.6 is 0 Å². The van der Waals surface area contributed by atoms with E-state index in [-0.39, 0.29) is 5.91 Å². The Morgan fingerprint density at radius 1 is 1.47 bits per heavy atom. The van der Waals surface area contributed by atoms with Gasteiger partial charge in [-0.3, -0.25) is 9.69 Å². The second kappa shape index (κ2) is 6.19. The number of amides is 1. The maximum absolute atomic E-state index is 11.0. The van der Waals surface area contributed by atoms with Crippen molar-refractivity contribution in [2.45, 2.75) is 52.2 Å². The molecule has 5 nitrogen and oxygen atoms in total. The lowest BCUT2D eigenvalue weighted by molar-refractivity contribution is -0.119. The molecule has 0 aliphatic carbocycles. The average Bonchev–Trinajstić information content (AvgIpc) is 2.79. The molecular weight excluding hydrogens is 240 g/mol. The van der Waals surface area contributed by atoms with Gasteiger partial charge < -0.3 is 9.88 Å². The van der Waals surface area contributed by atoms with Gasteiger partial charge in [-0.1, -0.05) is 0 Å². The normalized spacial score (nSPS) is 17.9. The molecule has 1 aliphatic rings. The summed E-state index contributed by atoms with van der Waals surface area (Å²) in [6.45, 7) is 8.96. The van der Waals surface area contributed by atoms with Gasteiger partial charge in [0.25, 0.3) is 0 Å². The summed E-state index contributed by atoms with van der Waals surface area (Å²) in [6.07, 6.45) is 5.94. The Hall–Kier alpha value is -1.36. The number of piperidine rings is 1. The van der Waals surface area contributed by atoms with Gasteiger partial charge in [-0.25, -0.2) is 4.98 Å². The van der Waals surface area contributed by atoms with Crippen molar-refractivity contribution in [2.24, 2.45) is 0 Å². The summed E-state index contributed by atoms with van der Waals surface area (Å²) in [4.78, 5) is 17.7. The monoisotopic (exact) mass is 264 g/mol. The summed E-state index contributed by atoms with van der Waals surface area (Å²) in [7, 11) is 0. The Kier molecular flexibility index (Phi) is 4.58. The topological polar surface area (TPSA) is 50.2 Å². The van der Waals surface area contributed by atoms with Crippen molar-refractivity contribution in [3.63, 3.8) is 0 Å². The highest BCUT2D eigenvalue weighted by atomic mass is 16.1. The van der Waals surface area contributed by atoms with E-state index in [1.54, 1.807) is 6.92 Å². The van der Waals surface area contributed by atoms with Gasteiger partial charge in [0.2, 0.25) is 5.91 Å². The molecule has 1 saturated heterocycles. The van der Waals surface area contributed by atoms with Gasteiger partial charge in [0.05, 0.1) is 12.0 Å². The largest absolute Gasteiger partial charge is 0.354 e. The van der Waals surface area contributed by atoms with Gasteiger partial charge in [0.1, 0.15) is 0 Å². The molecule has 2 rings (SSSR count). The Morgan fingerprint density at radius 2 is 2.16 bits per heavy atom. The van der Waals surface area contributed by atoms with Crippen LogP contribution in [0.25, 0.3) is 0 Å². The first-order chi connectivity index (χ1) is 9.06. The van der Waals surface area contributed by atoms with Gasteiger partial charge in [0, 0.05) is 44.8 Å². The van der Waals surface area contributed by atoms with E-state index in [2.05, 4.69) is 33.6 Å². The van der Waals surface area contributed by atoms with Crippen molar-refractivity contribution < 1.29 is 4.79 Å². The van der Waals surface area contributed by atoms with Crippen molar-refractivity contribution in [1.29, 1.82) is 0 Å². The van der Waals surface area contributed by atoms with Crippen LogP contribution in [0.2, 0.25) is 0 Å². The number of hydrogen-bond acceptors (Lipinski definition) is 3. The summed E-state index contributed by atoms with van der Waals surface area (Å²) < 4.78 is 2.22. The van der Waals surface area contributed by atoms with Crippen LogP contribution in [0.15, 0.2) is 12.5 Å². The molecule has 0 saturated carbocycles. The molecule has 0 radical (unpaired) electrons. The lowest BCUT2D eigenvalue weighted by Crippen LogP contribution is -2.43. The first-order valence-electron chi connectivity index (χ1n) is 7.06. The van der Waals surface area contributed by atoms with Crippen LogP contribution in [0.4, 0.5) is 0 Å². The third kappa shape index (κ3) is 3.80. The lowest BCUT2D eigenvalue weighted by Gasteiger charge is -2.32. The number of nitrogens with zero attached hydrogens (tertiary/aromatic N) is 3. The average molecular weight is 264 g/mol. The Balaban J connectivity index is 1.85. The lowest BCUT2D eigenvalue weighted by atomic mass is 10.0. The van der Waals surface area contributed by atoms with Gasteiger partial charge in [-0.05, 0) is 26.7 Å². The van der Waals surface area contributed by atoms with Crippen molar-refractivity contribution in [3.8, 4) is 0 Å². The number of carbonyl (C=O) groups is 1. The van der Waals surface area contributed by atoms with E-state index in [1.807, 2.05) is 12.5 Å². The highest BCUT2D eigenvalue weighted by Crippen LogP contribution is 2.16. The minimum Gasteiger partial charge on any atom is -0.354 e. The molecule has 1 amide bonds. The second-order valence-corrected chi connectivity index (χ2v) is 5.64. The molecule has 0 atom stereocenters. The summed E-state index contributed by atoms with van der Waals surface area (Å²) in [5.74, 6) is 0.0799. The van der Waals surface area contributed by atoms with E-state index in [4.69, 9.17) is 0 Å². The van der Waals surface area contributed by atoms with Gasteiger partial charge >= 0.3 is 0 Å². The molecule has 5 heteroatoms. The molecule has 1 fully saturated rings. The fourth-order valence-electron chi connectivity index (χ4n) is 2.67. The summed E-state index contributed by atoms with van der Waals surface area (Å²) in [5, 5.41) is 3.01. The van der Waals surface area contributed by atoms with Crippen LogP contribution in [-0.2, 0) is 11.3 Å². The van der Waals surface area contributed by atoms with E-state index in [9.17, 15) is 4.79 Å². The Bertz CT molecular complexity index is 419. The molecule has 0 aromatic carbocycles. The summed E-state index contributed by atoms with van der Waals surface area (Å²) in [5.41, 5.74) is 1.27. The standard InChI is InChI=1S/C14H24N4O/c1-11(2)18-10-15-8-14(18)9-17-6-4-13(5-7-17)16-12(3)19/h8,10-11,13H,4-7,9H2,1-3H3,(H,16,19). The number of aromatic nitrogens is 2. The number of nitrogens with one attached hydrogen (secondary N) is 1. The first-order valence-corrected chi connectivity index (χ1v) is 7.06. The minimum absolute atomic E-state index is 0.0799. The maximum Gasteiger partial charge on any atom is 0.217 e. The number of carbonyl (C=O) groups excluding carboxylic acids is 1. The van der Waals surface area contributed by atoms with E-state index in [0.29, 0.717) is 12.1 Å². The highest BCUT2D eigenvalue weighted by Gasteiger charge is 2.20. The summed E-state index contributed by atoms with van der Waals surface area (Å²) in [6, 6.07) is 0.804. The molecule has 1 aromatic heterocycles. The molecule has 0 bridgehead atoms. The zero-order chi connectivity index (χ0) is 13.8. The maximum atomic E-state index is 11.0. The van der Waals surface area contributed by atoms with Crippen molar-refractivity contribution in [3.05, 3.63) is 18.2 Å². The number of rotatable bonds is 4. The van der Waals surface area contributed by atoms with Gasteiger partial charge in [-0.2, -0.15) is 0 Å². The van der Waals surface area contributed by atoms with E-state index in [0.717, 1.165) is 32.5 Å². The second-order valence-electron chi connectivity index (χ2n) is 5.64. The fraction of sp³-hybridized carbons (Fsp3) is 0.714. The molecule has 1 N–H and O–H groups in total. The molecule has 1 aliphatic heterocycles. The van der Waals surface area contributed by atoms with Crippen LogP contribution in [-0.4, -0.2) is 39.5 Å². The zero-order valence-electron chi connectivity index (χ0n) is 12.1. The molecule has 0 spiro atoms. The van der Waals surface area contributed by atoms with Crippen molar-refractivity contribution in [1.82, 2.24) is 19.8 Å². The molecule has 106 valence electrons. The predicted molar refractivity (Wildman–Crippen MR) is 74.7 cm³/mol.